The average molecular weight is 1520 g/mol. The van der Waals surface area contributed by atoms with Gasteiger partial charge in [0.1, 0.15) is 17.9 Å². The Balaban J connectivity index is 0.713. The number of para-hydroxylation sites is 1. The molecule has 1 aliphatic rings. The minimum Gasteiger partial charge on any atom is -0.382 e. The molecule has 0 bridgehead atoms. The number of rotatable bonds is 81. The Labute approximate surface area is 625 Å². The molecule has 0 saturated carbocycles. The van der Waals surface area contributed by atoms with Crippen LogP contribution in [0, 0.1) is 0 Å². The van der Waals surface area contributed by atoms with E-state index in [0.717, 1.165) is 27.1 Å². The SMILES string of the molecule is CCOCc1nc2c(N)nc3ccccc3c2n1CC(C)(C)OCCOCCOCCOCCOCCOCCOCCOCCOCCOCCOCCOCCOCCOCCOCCOCCOCCOCCOCCOCCOCCOCCOCCOCCNC(=O)CCN1C(=O)C=CC1=O. The van der Waals surface area contributed by atoms with Crippen LogP contribution in [0.1, 0.15) is 33.0 Å². The molecule has 0 spiro atoms. The van der Waals surface area contributed by atoms with Crippen molar-refractivity contribution in [2.24, 2.45) is 0 Å². The molecule has 0 fully saturated rings. The summed E-state index contributed by atoms with van der Waals surface area (Å²) in [6.07, 6.45) is 2.43. The van der Waals surface area contributed by atoms with E-state index in [1.165, 1.54) is 12.2 Å². The van der Waals surface area contributed by atoms with Crippen LogP contribution in [0.3, 0.4) is 0 Å². The second kappa shape index (κ2) is 67.2. The van der Waals surface area contributed by atoms with Crippen LogP contribution in [0.2, 0.25) is 0 Å². The van der Waals surface area contributed by atoms with E-state index < -0.39 is 17.4 Å². The number of aromatic nitrogens is 3. The first-order valence-corrected chi connectivity index (χ1v) is 37.0. The third-order valence-electron chi connectivity index (χ3n) is 14.6. The van der Waals surface area contributed by atoms with E-state index >= 15 is 0 Å². The molecule has 3 amide bonds. The molecule has 4 rings (SSSR count). The van der Waals surface area contributed by atoms with Gasteiger partial charge in [0.2, 0.25) is 5.91 Å². The first kappa shape index (κ1) is 93.6. The summed E-state index contributed by atoms with van der Waals surface area (Å²) < 4.78 is 142. The molecule has 34 nitrogen and oxygen atoms in total. The number of nitrogen functional groups attached to an aromatic ring is 1. The maximum absolute atomic E-state index is 11.9. The van der Waals surface area contributed by atoms with Gasteiger partial charge in [0.15, 0.2) is 5.82 Å². The number of pyridine rings is 1. The van der Waals surface area contributed by atoms with Crippen molar-refractivity contribution in [2.45, 2.75) is 45.9 Å². The maximum atomic E-state index is 11.9. The number of hydrogen-bond acceptors (Lipinski definition) is 31. The van der Waals surface area contributed by atoms with Gasteiger partial charge in [-0.1, -0.05) is 18.2 Å². The molecular weight excluding hydrogens is 1400 g/mol. The molecule has 34 heteroatoms. The molecular formula is C72H124N6O28. The monoisotopic (exact) mass is 1520 g/mol. The third-order valence-corrected chi connectivity index (χ3v) is 14.6. The van der Waals surface area contributed by atoms with Crippen molar-refractivity contribution in [1.82, 2.24) is 24.8 Å². The summed E-state index contributed by atoms with van der Waals surface area (Å²) in [7, 11) is 0. The summed E-state index contributed by atoms with van der Waals surface area (Å²) in [5.74, 6) is 0.105. The van der Waals surface area contributed by atoms with E-state index in [-0.39, 0.29) is 18.9 Å². The largest absolute Gasteiger partial charge is 0.382 e. The first-order chi connectivity index (χ1) is 52.2. The number of nitrogens with two attached hydrogens (primary N) is 1. The third kappa shape index (κ3) is 50.1. The lowest BCUT2D eigenvalue weighted by atomic mass is 10.1. The average Bonchev–Trinajstić information content (AvgIpc) is 1.58. The van der Waals surface area contributed by atoms with Crippen molar-refractivity contribution in [3.05, 3.63) is 42.2 Å². The zero-order valence-electron chi connectivity index (χ0n) is 63.2. The topological polar surface area (TPSA) is 354 Å². The van der Waals surface area contributed by atoms with Crippen LogP contribution in [0.25, 0.3) is 21.9 Å². The number of nitrogens with one attached hydrogen (secondary N) is 1. The lowest BCUT2D eigenvalue weighted by Gasteiger charge is -2.27. The molecule has 0 radical (unpaired) electrons. The van der Waals surface area contributed by atoms with Gasteiger partial charge in [-0.15, -0.1) is 0 Å². The van der Waals surface area contributed by atoms with Crippen LogP contribution in [0.4, 0.5) is 5.82 Å². The number of benzene rings is 1. The van der Waals surface area contributed by atoms with Crippen LogP contribution < -0.4 is 11.1 Å². The number of amides is 3. The fourth-order valence-corrected chi connectivity index (χ4v) is 9.34. The van der Waals surface area contributed by atoms with Crippen LogP contribution in [0.5, 0.6) is 0 Å². The fraction of sp³-hybridized carbons (Fsp3) is 0.792. The first-order valence-electron chi connectivity index (χ1n) is 37.0. The zero-order chi connectivity index (χ0) is 75.4. The van der Waals surface area contributed by atoms with Crippen molar-refractivity contribution >= 4 is 45.5 Å². The number of carbonyl (C=O) groups excluding carboxylic acids is 3. The highest BCUT2D eigenvalue weighted by Crippen LogP contribution is 2.31. The van der Waals surface area contributed by atoms with Crippen molar-refractivity contribution < 1.29 is 133 Å². The highest BCUT2D eigenvalue weighted by molar-refractivity contribution is 6.13. The lowest BCUT2D eigenvalue weighted by molar-refractivity contribution is -0.137. The molecule has 2 aromatic heterocycles. The number of imide groups is 1. The number of carbonyl (C=O) groups is 3. The number of nitrogens with zero attached hydrogens (tertiary/aromatic N) is 4. The van der Waals surface area contributed by atoms with Crippen LogP contribution in [-0.4, -0.2) is 373 Å². The zero-order valence-corrected chi connectivity index (χ0v) is 63.2. The standard InChI is InChI=1S/C72H124N6O28/c1-4-82-61-65-76-69-70(63-7-5-6-8-64(63)75-71(69)73)78(65)62-72(2,3)106-60-59-105-58-57-104-56-55-103-54-53-102-52-51-101-50-49-100-48-47-99-46-45-98-44-43-97-42-41-96-40-39-95-38-37-94-36-35-93-34-33-92-32-31-91-30-29-90-28-27-89-26-25-88-24-23-87-22-21-86-20-19-85-18-17-84-16-15-83-14-12-74-66(79)11-13-77-67(80)9-10-68(77)81/h5-10H,4,11-62H2,1-3H3,(H2,73,75)(H,74,79). The predicted octanol–water partition coefficient (Wildman–Crippen LogP) is 2.31. The molecule has 106 heavy (non-hydrogen) atoms. The van der Waals surface area contributed by atoms with Gasteiger partial charge in [0, 0.05) is 43.7 Å². The minimum atomic E-state index is -0.527. The van der Waals surface area contributed by atoms with Crippen molar-refractivity contribution in [3.63, 3.8) is 0 Å². The van der Waals surface area contributed by atoms with Gasteiger partial charge in [-0.3, -0.25) is 19.3 Å². The Hall–Kier alpha value is -4.75. The van der Waals surface area contributed by atoms with Crippen molar-refractivity contribution in [3.8, 4) is 0 Å². The normalized spacial score (nSPS) is 12.7. The van der Waals surface area contributed by atoms with Crippen LogP contribution in [-0.2, 0) is 146 Å². The quantitative estimate of drug-likeness (QED) is 0.0605. The molecule has 0 saturated heterocycles. The molecule has 610 valence electrons. The van der Waals surface area contributed by atoms with Crippen molar-refractivity contribution in [2.75, 3.05) is 336 Å². The smallest absolute Gasteiger partial charge is 0.253 e. The Kier molecular flexibility index (Phi) is 59.3. The van der Waals surface area contributed by atoms with Gasteiger partial charge in [-0.2, -0.15) is 0 Å². The fourth-order valence-electron chi connectivity index (χ4n) is 9.34. The number of anilines is 1. The van der Waals surface area contributed by atoms with Gasteiger partial charge in [0.05, 0.1) is 334 Å². The second-order valence-corrected chi connectivity index (χ2v) is 23.4. The molecule has 0 aliphatic carbocycles. The summed E-state index contributed by atoms with van der Waals surface area (Å²) in [4.78, 5) is 45.3. The summed E-state index contributed by atoms with van der Waals surface area (Å²) in [6, 6.07) is 7.93. The van der Waals surface area contributed by atoms with E-state index in [0.29, 0.717) is 348 Å². The van der Waals surface area contributed by atoms with Gasteiger partial charge in [-0.05, 0) is 26.8 Å². The van der Waals surface area contributed by atoms with Crippen LogP contribution >= 0.6 is 0 Å². The Morgan fingerprint density at radius 1 is 0.396 bits per heavy atom. The molecule has 3 heterocycles. The molecule has 1 aliphatic heterocycles. The Morgan fingerprint density at radius 3 is 0.981 bits per heavy atom. The van der Waals surface area contributed by atoms with E-state index in [2.05, 4.69) is 28.7 Å². The van der Waals surface area contributed by atoms with E-state index in [1.807, 2.05) is 31.2 Å². The summed E-state index contributed by atoms with van der Waals surface area (Å²) >= 11 is 0. The maximum Gasteiger partial charge on any atom is 0.253 e. The summed E-state index contributed by atoms with van der Waals surface area (Å²) in [6.45, 7) is 29.4. The number of hydrogen-bond donors (Lipinski definition) is 2. The van der Waals surface area contributed by atoms with Gasteiger partial charge in [-0.25, -0.2) is 9.97 Å². The number of fused-ring (bicyclic) bond motifs is 3. The highest BCUT2D eigenvalue weighted by atomic mass is 16.6. The molecule has 0 atom stereocenters. The highest BCUT2D eigenvalue weighted by Gasteiger charge is 2.26. The minimum absolute atomic E-state index is 0.0432. The lowest BCUT2D eigenvalue weighted by Crippen LogP contribution is -2.35. The van der Waals surface area contributed by atoms with Gasteiger partial charge in [0.25, 0.3) is 11.8 Å². The Morgan fingerprint density at radius 2 is 0.679 bits per heavy atom. The van der Waals surface area contributed by atoms with Crippen LogP contribution in [0.15, 0.2) is 36.4 Å². The molecule has 0 unspecified atom stereocenters. The van der Waals surface area contributed by atoms with E-state index in [4.69, 9.17) is 129 Å². The van der Waals surface area contributed by atoms with Crippen molar-refractivity contribution in [1.29, 1.82) is 0 Å². The second-order valence-electron chi connectivity index (χ2n) is 23.4. The Bertz CT molecular complexity index is 2600. The van der Waals surface area contributed by atoms with Gasteiger partial charge < -0.3 is 134 Å². The molecule has 3 N–H and O–H groups in total. The van der Waals surface area contributed by atoms with E-state index in [9.17, 15) is 14.4 Å². The van der Waals surface area contributed by atoms with E-state index in [1.54, 1.807) is 0 Å². The predicted molar refractivity (Wildman–Crippen MR) is 387 cm³/mol. The summed E-state index contributed by atoms with van der Waals surface area (Å²) in [5.41, 5.74) is 8.23. The number of ether oxygens (including phenoxy) is 25. The van der Waals surface area contributed by atoms with Gasteiger partial charge >= 0.3 is 0 Å². The number of imidazole rings is 1. The molecule has 3 aromatic rings. The molecule has 1 aromatic carbocycles. The summed E-state index contributed by atoms with van der Waals surface area (Å²) in [5, 5.41) is 3.66.